The number of pyridine rings is 1. The molecule has 150 valence electrons. The molecule has 2 aromatic rings. The molecular weight excluding hydrogens is 352 g/mol. The third-order valence-corrected chi connectivity index (χ3v) is 4.83. The van der Waals surface area contributed by atoms with Gasteiger partial charge in [0.25, 0.3) is 11.8 Å². The van der Waals surface area contributed by atoms with Gasteiger partial charge in [-0.1, -0.05) is 6.92 Å². The molecule has 0 fully saturated rings. The number of hydrogen-bond donors (Lipinski definition) is 2. The van der Waals surface area contributed by atoms with E-state index >= 15 is 0 Å². The fraction of sp³-hybridized carbons (Fsp3) is 0.409. The first-order chi connectivity index (χ1) is 13.4. The van der Waals surface area contributed by atoms with Crippen molar-refractivity contribution in [3.63, 3.8) is 0 Å². The fourth-order valence-electron chi connectivity index (χ4n) is 2.86. The molecule has 0 aliphatic heterocycles. The molecule has 1 aromatic heterocycles. The molecule has 2 rings (SSSR count). The summed E-state index contributed by atoms with van der Waals surface area (Å²) in [6, 6.07) is 9.17. The SMILES string of the molecule is CCC(C)NC(=O)c1cc(C(=O)Nc2ccc(N(CC)CC)cc2C)ccn1. The van der Waals surface area contributed by atoms with Gasteiger partial charge in [-0.3, -0.25) is 14.6 Å². The van der Waals surface area contributed by atoms with Crippen LogP contribution in [0.2, 0.25) is 0 Å². The normalized spacial score (nSPS) is 11.6. The van der Waals surface area contributed by atoms with Crippen LogP contribution < -0.4 is 15.5 Å². The van der Waals surface area contributed by atoms with Crippen LogP contribution in [-0.4, -0.2) is 35.9 Å². The molecule has 28 heavy (non-hydrogen) atoms. The molecule has 0 radical (unpaired) electrons. The van der Waals surface area contributed by atoms with Gasteiger partial charge in [0.2, 0.25) is 0 Å². The van der Waals surface area contributed by atoms with Crippen LogP contribution in [0.4, 0.5) is 11.4 Å². The van der Waals surface area contributed by atoms with Crippen molar-refractivity contribution in [3.8, 4) is 0 Å². The predicted molar refractivity (Wildman–Crippen MR) is 114 cm³/mol. The molecule has 2 amide bonds. The maximum atomic E-state index is 12.7. The van der Waals surface area contributed by atoms with E-state index in [1.807, 2.05) is 32.9 Å². The van der Waals surface area contributed by atoms with Gasteiger partial charge in [0, 0.05) is 42.3 Å². The lowest BCUT2D eigenvalue weighted by Crippen LogP contribution is -2.32. The van der Waals surface area contributed by atoms with Crippen molar-refractivity contribution < 1.29 is 9.59 Å². The maximum Gasteiger partial charge on any atom is 0.270 e. The maximum absolute atomic E-state index is 12.7. The number of aryl methyl sites for hydroxylation is 1. The average Bonchev–Trinajstić information content (AvgIpc) is 2.70. The monoisotopic (exact) mass is 382 g/mol. The van der Waals surface area contributed by atoms with Gasteiger partial charge in [0.1, 0.15) is 5.69 Å². The molecule has 0 spiro atoms. The molecule has 2 N–H and O–H groups in total. The van der Waals surface area contributed by atoms with E-state index in [1.54, 1.807) is 6.07 Å². The van der Waals surface area contributed by atoms with Crippen LogP contribution in [-0.2, 0) is 0 Å². The van der Waals surface area contributed by atoms with Crippen LogP contribution >= 0.6 is 0 Å². The summed E-state index contributed by atoms with van der Waals surface area (Å²) < 4.78 is 0. The number of aromatic nitrogens is 1. The van der Waals surface area contributed by atoms with Crippen molar-refractivity contribution in [3.05, 3.63) is 53.3 Å². The van der Waals surface area contributed by atoms with E-state index < -0.39 is 0 Å². The van der Waals surface area contributed by atoms with Gasteiger partial charge in [-0.2, -0.15) is 0 Å². The fourth-order valence-corrected chi connectivity index (χ4v) is 2.86. The summed E-state index contributed by atoms with van der Waals surface area (Å²) in [5.41, 5.74) is 3.51. The Bertz CT molecular complexity index is 831. The quantitative estimate of drug-likeness (QED) is 0.723. The zero-order chi connectivity index (χ0) is 20.7. The first-order valence-corrected chi connectivity index (χ1v) is 9.83. The van der Waals surface area contributed by atoms with Gasteiger partial charge in [-0.25, -0.2) is 0 Å². The minimum absolute atomic E-state index is 0.0544. The average molecular weight is 383 g/mol. The Morgan fingerprint density at radius 2 is 1.79 bits per heavy atom. The summed E-state index contributed by atoms with van der Waals surface area (Å²) in [7, 11) is 0. The number of carbonyl (C=O) groups excluding carboxylic acids is 2. The van der Waals surface area contributed by atoms with Crippen LogP contribution in [0.15, 0.2) is 36.5 Å². The second-order valence-corrected chi connectivity index (χ2v) is 6.84. The highest BCUT2D eigenvalue weighted by Gasteiger charge is 2.14. The molecule has 0 aliphatic carbocycles. The lowest BCUT2D eigenvalue weighted by Gasteiger charge is -2.22. The Morgan fingerprint density at radius 1 is 1.07 bits per heavy atom. The van der Waals surface area contributed by atoms with Crippen molar-refractivity contribution >= 4 is 23.2 Å². The lowest BCUT2D eigenvalue weighted by atomic mass is 10.1. The van der Waals surface area contributed by atoms with E-state index in [4.69, 9.17) is 0 Å². The second kappa shape index (κ2) is 9.88. The third kappa shape index (κ3) is 5.31. The van der Waals surface area contributed by atoms with Crippen LogP contribution in [0.3, 0.4) is 0 Å². The number of anilines is 2. The van der Waals surface area contributed by atoms with Gasteiger partial charge in [-0.05, 0) is 70.0 Å². The number of nitrogens with one attached hydrogen (secondary N) is 2. The summed E-state index contributed by atoms with van der Waals surface area (Å²) in [5, 5.41) is 5.79. The second-order valence-electron chi connectivity index (χ2n) is 6.84. The Labute approximate surface area is 167 Å². The Morgan fingerprint density at radius 3 is 2.39 bits per heavy atom. The molecule has 0 saturated carbocycles. The van der Waals surface area contributed by atoms with Gasteiger partial charge >= 0.3 is 0 Å². The number of amides is 2. The minimum atomic E-state index is -0.274. The number of benzene rings is 1. The van der Waals surface area contributed by atoms with Crippen molar-refractivity contribution in [2.24, 2.45) is 0 Å². The molecule has 1 unspecified atom stereocenters. The molecule has 0 saturated heterocycles. The number of rotatable bonds is 8. The highest BCUT2D eigenvalue weighted by Crippen LogP contribution is 2.23. The minimum Gasteiger partial charge on any atom is -0.372 e. The van der Waals surface area contributed by atoms with E-state index in [9.17, 15) is 9.59 Å². The van der Waals surface area contributed by atoms with Crippen LogP contribution in [0.5, 0.6) is 0 Å². The Balaban J connectivity index is 2.15. The summed E-state index contributed by atoms with van der Waals surface area (Å²) in [4.78, 5) is 31.3. The molecule has 0 bridgehead atoms. The number of carbonyl (C=O) groups is 2. The van der Waals surface area contributed by atoms with Crippen LogP contribution in [0, 0.1) is 6.92 Å². The topological polar surface area (TPSA) is 74.3 Å². The summed E-state index contributed by atoms with van der Waals surface area (Å²) >= 11 is 0. The molecule has 0 aliphatic rings. The lowest BCUT2D eigenvalue weighted by molar-refractivity contribution is 0.0934. The standard InChI is InChI=1S/C22H30N4O2/c1-6-16(5)24-22(28)20-14-17(11-12-23-20)21(27)25-19-10-9-18(13-15(19)4)26(7-2)8-3/h9-14,16H,6-8H2,1-5H3,(H,24,28)(H,25,27). The first-order valence-electron chi connectivity index (χ1n) is 9.83. The Kier molecular flexibility index (Phi) is 7.55. The predicted octanol–water partition coefficient (Wildman–Crippen LogP) is 4.02. The van der Waals surface area contributed by atoms with Crippen molar-refractivity contribution in [1.82, 2.24) is 10.3 Å². The highest BCUT2D eigenvalue weighted by atomic mass is 16.2. The van der Waals surface area contributed by atoms with Gasteiger partial charge in [0.05, 0.1) is 0 Å². The summed E-state index contributed by atoms with van der Waals surface area (Å²) in [6.45, 7) is 12.0. The number of nitrogens with zero attached hydrogens (tertiary/aromatic N) is 2. The van der Waals surface area contributed by atoms with Crippen LogP contribution in [0.1, 0.15) is 60.5 Å². The largest absolute Gasteiger partial charge is 0.372 e. The van der Waals surface area contributed by atoms with Crippen molar-refractivity contribution in [1.29, 1.82) is 0 Å². The third-order valence-electron chi connectivity index (χ3n) is 4.83. The molecule has 1 atom stereocenters. The zero-order valence-electron chi connectivity index (χ0n) is 17.4. The van der Waals surface area contributed by atoms with Gasteiger partial charge in [0.15, 0.2) is 0 Å². The summed E-state index contributed by atoms with van der Waals surface area (Å²) in [6.07, 6.45) is 2.31. The first kappa shape index (κ1) is 21.4. The van der Waals surface area contributed by atoms with E-state index in [0.29, 0.717) is 5.56 Å². The highest BCUT2D eigenvalue weighted by molar-refractivity contribution is 6.06. The Hall–Kier alpha value is -2.89. The molecular formula is C22H30N4O2. The van der Waals surface area contributed by atoms with E-state index in [-0.39, 0.29) is 23.6 Å². The molecule has 6 nitrogen and oxygen atoms in total. The van der Waals surface area contributed by atoms with E-state index in [0.717, 1.165) is 36.4 Å². The molecule has 1 heterocycles. The van der Waals surface area contributed by atoms with Gasteiger partial charge < -0.3 is 15.5 Å². The summed E-state index contributed by atoms with van der Waals surface area (Å²) in [5.74, 6) is -0.539. The van der Waals surface area contributed by atoms with Gasteiger partial charge in [-0.15, -0.1) is 0 Å². The van der Waals surface area contributed by atoms with Crippen LogP contribution in [0.25, 0.3) is 0 Å². The molecule has 1 aromatic carbocycles. The van der Waals surface area contributed by atoms with Crippen molar-refractivity contribution in [2.45, 2.75) is 47.1 Å². The smallest absolute Gasteiger partial charge is 0.270 e. The number of hydrogen-bond acceptors (Lipinski definition) is 4. The van der Waals surface area contributed by atoms with Crippen molar-refractivity contribution in [2.75, 3.05) is 23.3 Å². The zero-order valence-corrected chi connectivity index (χ0v) is 17.4. The van der Waals surface area contributed by atoms with E-state index in [2.05, 4.69) is 40.4 Å². The van der Waals surface area contributed by atoms with E-state index in [1.165, 1.54) is 12.3 Å². The molecule has 6 heteroatoms.